The van der Waals surface area contributed by atoms with Gasteiger partial charge in [0.25, 0.3) is 10.0 Å². The van der Waals surface area contributed by atoms with Gasteiger partial charge in [-0.2, -0.15) is 12.8 Å². The second-order valence-electron chi connectivity index (χ2n) is 8.28. The van der Waals surface area contributed by atoms with E-state index >= 15 is 4.39 Å². The molecule has 0 aliphatic carbocycles. The van der Waals surface area contributed by atoms with Crippen molar-refractivity contribution >= 4 is 16.1 Å². The van der Waals surface area contributed by atoms with E-state index in [0.717, 1.165) is 18.5 Å². The summed E-state index contributed by atoms with van der Waals surface area (Å²) in [6.07, 6.45) is 2.54. The third-order valence-corrected chi connectivity index (χ3v) is 6.65. The molecule has 0 aliphatic rings. The van der Waals surface area contributed by atoms with Gasteiger partial charge in [0, 0.05) is 42.8 Å². The lowest BCUT2D eigenvalue weighted by Crippen LogP contribution is -2.42. The van der Waals surface area contributed by atoms with Crippen molar-refractivity contribution in [2.75, 3.05) is 14.2 Å². The molecule has 34 heavy (non-hydrogen) atoms. The van der Waals surface area contributed by atoms with Crippen LogP contribution in [0, 0.1) is 11.8 Å². The predicted molar refractivity (Wildman–Crippen MR) is 119 cm³/mol. The number of hydrogen-bond donors (Lipinski definition) is 0. The predicted octanol–water partition coefficient (Wildman–Crippen LogP) is 3.84. The van der Waals surface area contributed by atoms with E-state index in [1.54, 1.807) is 20.8 Å². The van der Waals surface area contributed by atoms with Gasteiger partial charge in [-0.15, -0.1) is 0 Å². The van der Waals surface area contributed by atoms with E-state index in [1.165, 1.54) is 43.5 Å². The van der Waals surface area contributed by atoms with Crippen molar-refractivity contribution in [1.82, 2.24) is 18.8 Å². The number of hydrogen-bond acceptors (Lipinski definition) is 7. The molecule has 3 rings (SSSR count). The Morgan fingerprint density at radius 1 is 1.18 bits per heavy atom. The SMILES string of the molecule is COc1ccnc(S(=O)(=O)n2cc(COC(=O)N(C)C(C)(C)C)c(F)c2-c2cccnc2F)c1. The van der Waals surface area contributed by atoms with Crippen LogP contribution in [0.5, 0.6) is 5.75 Å². The minimum absolute atomic E-state index is 0.203. The Balaban J connectivity index is 2.12. The summed E-state index contributed by atoms with van der Waals surface area (Å²) < 4.78 is 67.5. The molecule has 9 nitrogen and oxygen atoms in total. The largest absolute Gasteiger partial charge is 0.497 e. The Morgan fingerprint density at radius 2 is 1.88 bits per heavy atom. The van der Waals surface area contributed by atoms with Crippen molar-refractivity contribution in [3.63, 3.8) is 0 Å². The first-order chi connectivity index (χ1) is 15.9. The van der Waals surface area contributed by atoms with E-state index in [9.17, 15) is 17.6 Å². The summed E-state index contributed by atoms with van der Waals surface area (Å²) in [5.74, 6) is -1.95. The van der Waals surface area contributed by atoms with Crippen molar-refractivity contribution < 1.29 is 31.5 Å². The second kappa shape index (κ2) is 9.37. The number of methoxy groups -OCH3 is 1. The summed E-state index contributed by atoms with van der Waals surface area (Å²) in [6, 6.07) is 5.11. The summed E-state index contributed by atoms with van der Waals surface area (Å²) >= 11 is 0. The molecule has 0 spiro atoms. The minimum atomic E-state index is -4.51. The highest BCUT2D eigenvalue weighted by atomic mass is 32.2. The van der Waals surface area contributed by atoms with Gasteiger partial charge in [-0.3, -0.25) is 0 Å². The molecule has 12 heteroatoms. The molecule has 0 unspecified atom stereocenters. The Kier molecular flexibility index (Phi) is 6.92. The van der Waals surface area contributed by atoms with Crippen molar-refractivity contribution in [1.29, 1.82) is 0 Å². The molecule has 0 saturated carbocycles. The second-order valence-corrected chi connectivity index (χ2v) is 10.0. The lowest BCUT2D eigenvalue weighted by molar-refractivity contribution is 0.0753. The van der Waals surface area contributed by atoms with Gasteiger partial charge in [0.05, 0.1) is 12.7 Å². The van der Waals surface area contributed by atoms with E-state index in [4.69, 9.17) is 9.47 Å². The normalized spacial score (nSPS) is 11.9. The number of halogens is 2. The number of pyridine rings is 2. The monoisotopic (exact) mass is 494 g/mol. The average molecular weight is 495 g/mol. The number of carbonyl (C=O) groups excluding carboxylic acids is 1. The summed E-state index contributed by atoms with van der Waals surface area (Å²) in [4.78, 5) is 21.0. The first kappa shape index (κ1) is 25.1. The highest BCUT2D eigenvalue weighted by molar-refractivity contribution is 7.90. The van der Waals surface area contributed by atoms with Crippen LogP contribution in [0.4, 0.5) is 13.6 Å². The third-order valence-electron chi connectivity index (χ3n) is 5.09. The topological polar surface area (TPSA) is 104 Å². The van der Waals surface area contributed by atoms with Crippen LogP contribution in [0.3, 0.4) is 0 Å². The molecule has 182 valence electrons. The van der Waals surface area contributed by atoms with E-state index in [2.05, 4.69) is 9.97 Å². The van der Waals surface area contributed by atoms with E-state index < -0.39 is 56.3 Å². The lowest BCUT2D eigenvalue weighted by Gasteiger charge is -2.30. The molecule has 0 aromatic carbocycles. The van der Waals surface area contributed by atoms with Crippen LogP contribution in [0.25, 0.3) is 11.3 Å². The van der Waals surface area contributed by atoms with Gasteiger partial charge < -0.3 is 14.4 Å². The average Bonchev–Trinajstić information content (AvgIpc) is 3.13. The summed E-state index contributed by atoms with van der Waals surface area (Å²) in [7, 11) is -1.65. The number of aromatic nitrogens is 3. The molecule has 0 aliphatic heterocycles. The van der Waals surface area contributed by atoms with Gasteiger partial charge in [-0.1, -0.05) is 0 Å². The zero-order valence-corrected chi connectivity index (χ0v) is 20.1. The summed E-state index contributed by atoms with van der Waals surface area (Å²) in [5, 5.41) is -0.455. The highest BCUT2D eigenvalue weighted by Gasteiger charge is 2.31. The maximum atomic E-state index is 15.5. The minimum Gasteiger partial charge on any atom is -0.497 e. The maximum absolute atomic E-state index is 15.5. The molecular weight excluding hydrogens is 470 g/mol. The van der Waals surface area contributed by atoms with Gasteiger partial charge in [-0.05, 0) is 39.0 Å². The first-order valence-corrected chi connectivity index (χ1v) is 11.5. The Labute approximate surface area is 196 Å². The molecule has 0 saturated heterocycles. The van der Waals surface area contributed by atoms with Gasteiger partial charge >= 0.3 is 6.09 Å². The standard InChI is InChI=1S/C22H24F2N4O5S/c1-22(2,3)27(4)21(29)33-13-14-12-28(19(18(14)23)16-7-6-9-26-20(16)24)34(30,31)17-11-15(32-5)8-10-25-17/h6-12H,13H2,1-5H3. The van der Waals surface area contributed by atoms with Crippen LogP contribution >= 0.6 is 0 Å². The van der Waals surface area contributed by atoms with Crippen LogP contribution in [-0.2, 0) is 21.4 Å². The molecule has 1 amide bonds. The van der Waals surface area contributed by atoms with Gasteiger partial charge in [0.1, 0.15) is 18.1 Å². The number of amides is 1. The number of carbonyl (C=O) groups is 1. The lowest BCUT2D eigenvalue weighted by atomic mass is 10.1. The zero-order chi connectivity index (χ0) is 25.3. The Morgan fingerprint density at radius 3 is 2.50 bits per heavy atom. The fourth-order valence-corrected chi connectivity index (χ4v) is 4.22. The Hall–Kier alpha value is -3.54. The number of nitrogens with zero attached hydrogens (tertiary/aromatic N) is 4. The molecule has 0 N–H and O–H groups in total. The zero-order valence-electron chi connectivity index (χ0n) is 19.2. The first-order valence-electron chi connectivity index (χ1n) is 10.0. The van der Waals surface area contributed by atoms with E-state index in [-0.39, 0.29) is 11.3 Å². The fourth-order valence-electron chi connectivity index (χ4n) is 2.87. The van der Waals surface area contributed by atoms with Gasteiger partial charge in [0.15, 0.2) is 10.8 Å². The smallest absolute Gasteiger partial charge is 0.410 e. The van der Waals surface area contributed by atoms with E-state index in [1.807, 2.05) is 0 Å². The molecular formula is C22H24F2N4O5S. The Bertz CT molecular complexity index is 1320. The van der Waals surface area contributed by atoms with Crippen molar-refractivity contribution in [2.24, 2.45) is 0 Å². The fraction of sp³-hybridized carbons (Fsp3) is 0.318. The van der Waals surface area contributed by atoms with Gasteiger partial charge in [-0.25, -0.2) is 23.1 Å². The van der Waals surface area contributed by atoms with Crippen LogP contribution < -0.4 is 4.74 Å². The van der Waals surface area contributed by atoms with Crippen molar-refractivity contribution in [3.8, 4) is 17.0 Å². The summed E-state index contributed by atoms with van der Waals surface area (Å²) in [5.41, 5.74) is -1.84. The highest BCUT2D eigenvalue weighted by Crippen LogP contribution is 2.32. The van der Waals surface area contributed by atoms with Crippen LogP contribution in [0.1, 0.15) is 26.3 Å². The molecule has 0 radical (unpaired) electrons. The molecule has 0 fully saturated rings. The van der Waals surface area contributed by atoms with Gasteiger partial charge in [0.2, 0.25) is 5.95 Å². The summed E-state index contributed by atoms with van der Waals surface area (Å²) in [6.45, 7) is 4.75. The van der Waals surface area contributed by atoms with Crippen LogP contribution in [0.15, 0.2) is 47.9 Å². The molecule has 0 atom stereocenters. The third kappa shape index (κ3) is 4.86. The molecule has 0 bridgehead atoms. The van der Waals surface area contributed by atoms with Crippen molar-refractivity contribution in [3.05, 3.63) is 60.2 Å². The number of rotatable bonds is 6. The molecule has 3 heterocycles. The van der Waals surface area contributed by atoms with Crippen LogP contribution in [0.2, 0.25) is 0 Å². The molecule has 3 aromatic rings. The quantitative estimate of drug-likeness (QED) is 0.480. The van der Waals surface area contributed by atoms with Crippen molar-refractivity contribution in [2.45, 2.75) is 37.9 Å². The van der Waals surface area contributed by atoms with Crippen LogP contribution in [-0.4, -0.2) is 53.0 Å². The number of ether oxygens (including phenoxy) is 2. The molecule has 3 aromatic heterocycles. The van der Waals surface area contributed by atoms with E-state index in [0.29, 0.717) is 3.97 Å². The maximum Gasteiger partial charge on any atom is 0.410 e.